The molecule has 21 heavy (non-hydrogen) atoms. The minimum absolute atomic E-state index is 0.0643. The summed E-state index contributed by atoms with van der Waals surface area (Å²) in [6.07, 6.45) is 0. The lowest BCUT2D eigenvalue weighted by Gasteiger charge is -2.27. The largest absolute Gasteiger partial charge is 0.389 e. The van der Waals surface area contributed by atoms with E-state index in [1.165, 1.54) is 20.8 Å². The summed E-state index contributed by atoms with van der Waals surface area (Å²) in [5.41, 5.74) is -1.67. The van der Waals surface area contributed by atoms with Crippen molar-refractivity contribution in [2.45, 2.75) is 31.3 Å². The van der Waals surface area contributed by atoms with E-state index in [9.17, 15) is 22.3 Å². The van der Waals surface area contributed by atoms with E-state index >= 15 is 0 Å². The highest BCUT2D eigenvalue weighted by atomic mass is 32.2. The molecule has 0 saturated heterocycles. The lowest BCUT2D eigenvalue weighted by atomic mass is 10.1. The van der Waals surface area contributed by atoms with Crippen LogP contribution >= 0.6 is 0 Å². The van der Waals surface area contributed by atoms with Gasteiger partial charge in [-0.05, 0) is 26.0 Å². The second kappa shape index (κ2) is 6.05. The first-order valence-electron chi connectivity index (χ1n) is 6.14. The summed E-state index contributed by atoms with van der Waals surface area (Å²) < 4.78 is 53.2. The fourth-order valence-electron chi connectivity index (χ4n) is 1.80. The quantitative estimate of drug-likeness (QED) is 0.894. The zero-order chi connectivity index (χ0) is 16.4. The molecule has 0 aliphatic rings. The third-order valence-electron chi connectivity index (χ3n) is 2.64. The number of sulfonamides is 1. The van der Waals surface area contributed by atoms with Gasteiger partial charge < -0.3 is 5.11 Å². The molecule has 1 rings (SSSR count). The molecule has 116 valence electrons. The molecule has 0 atom stereocenters. The highest BCUT2D eigenvalue weighted by Gasteiger charge is 2.33. The minimum Gasteiger partial charge on any atom is -0.389 e. The molecule has 0 radical (unpaired) electrons. The molecule has 0 spiro atoms. The fourth-order valence-corrected chi connectivity index (χ4v) is 3.49. The van der Waals surface area contributed by atoms with Crippen molar-refractivity contribution < 1.29 is 22.3 Å². The highest BCUT2D eigenvalue weighted by molar-refractivity contribution is 7.89. The van der Waals surface area contributed by atoms with E-state index in [2.05, 4.69) is 0 Å². The van der Waals surface area contributed by atoms with Crippen molar-refractivity contribution in [3.8, 4) is 6.07 Å². The Labute approximate surface area is 122 Å². The summed E-state index contributed by atoms with van der Waals surface area (Å²) in [7, 11) is -4.46. The van der Waals surface area contributed by atoms with Crippen LogP contribution in [0.1, 0.15) is 26.3 Å². The molecular weight excluding hydrogens is 302 g/mol. The maximum atomic E-state index is 13.9. The topological polar surface area (TPSA) is 81.4 Å². The zero-order valence-electron chi connectivity index (χ0n) is 11.9. The highest BCUT2D eigenvalue weighted by Crippen LogP contribution is 2.25. The number of rotatable bonds is 5. The Morgan fingerprint density at radius 3 is 2.14 bits per heavy atom. The summed E-state index contributed by atoms with van der Waals surface area (Å²) >= 11 is 0. The summed E-state index contributed by atoms with van der Waals surface area (Å²) in [5, 5.41) is 18.3. The monoisotopic (exact) mass is 318 g/mol. The van der Waals surface area contributed by atoms with Crippen molar-refractivity contribution in [2.75, 3.05) is 13.1 Å². The van der Waals surface area contributed by atoms with Gasteiger partial charge in [0.25, 0.3) is 0 Å². The van der Waals surface area contributed by atoms with Crippen LogP contribution in [0.4, 0.5) is 8.78 Å². The Bertz CT molecular complexity index is 653. The van der Waals surface area contributed by atoms with Gasteiger partial charge >= 0.3 is 0 Å². The number of nitrogens with zero attached hydrogens (tertiary/aromatic N) is 2. The molecular formula is C13H16F2N2O3S. The zero-order valence-corrected chi connectivity index (χ0v) is 12.7. The van der Waals surface area contributed by atoms with E-state index in [1.54, 1.807) is 6.07 Å². The van der Waals surface area contributed by atoms with Gasteiger partial charge in [-0.15, -0.1) is 0 Å². The molecule has 0 bridgehead atoms. The predicted octanol–water partition coefficient (Wildman–Crippen LogP) is 1.62. The summed E-state index contributed by atoms with van der Waals surface area (Å²) in [6.45, 7) is 3.88. The number of benzene rings is 1. The first kappa shape index (κ1) is 17.5. The van der Waals surface area contributed by atoms with Gasteiger partial charge in [0.2, 0.25) is 10.0 Å². The van der Waals surface area contributed by atoms with Gasteiger partial charge in [-0.1, -0.05) is 6.92 Å². The average molecular weight is 318 g/mol. The van der Waals surface area contributed by atoms with Gasteiger partial charge in [-0.25, -0.2) is 17.2 Å². The molecule has 0 aliphatic carbocycles. The van der Waals surface area contributed by atoms with Crippen molar-refractivity contribution in [3.63, 3.8) is 0 Å². The van der Waals surface area contributed by atoms with Crippen LogP contribution in [0.25, 0.3) is 0 Å². The van der Waals surface area contributed by atoms with Gasteiger partial charge in [-0.2, -0.15) is 9.57 Å². The second-order valence-corrected chi connectivity index (χ2v) is 7.00. The van der Waals surface area contributed by atoms with Crippen LogP contribution < -0.4 is 0 Å². The number of likely N-dealkylation sites (N-methyl/N-ethyl adjacent to an activating group) is 1. The third kappa shape index (κ3) is 3.97. The van der Waals surface area contributed by atoms with Crippen LogP contribution in [0.5, 0.6) is 0 Å². The summed E-state index contributed by atoms with van der Waals surface area (Å²) in [4.78, 5) is -1.12. The third-order valence-corrected chi connectivity index (χ3v) is 4.61. The number of halogens is 2. The van der Waals surface area contributed by atoms with Crippen molar-refractivity contribution in [1.82, 2.24) is 4.31 Å². The molecule has 8 heteroatoms. The van der Waals surface area contributed by atoms with Crippen molar-refractivity contribution in [2.24, 2.45) is 0 Å². The predicted molar refractivity (Wildman–Crippen MR) is 71.8 cm³/mol. The fraction of sp³-hybridized carbons (Fsp3) is 0.462. The smallest absolute Gasteiger partial charge is 0.249 e. The molecule has 0 saturated carbocycles. The van der Waals surface area contributed by atoms with Crippen LogP contribution in [0.2, 0.25) is 0 Å². The van der Waals surface area contributed by atoms with Crippen LogP contribution in [-0.2, 0) is 10.0 Å². The molecule has 1 aromatic carbocycles. The number of aliphatic hydroxyl groups is 1. The molecule has 0 aliphatic heterocycles. The molecule has 0 unspecified atom stereocenters. The maximum Gasteiger partial charge on any atom is 0.249 e. The lowest BCUT2D eigenvalue weighted by Crippen LogP contribution is -2.42. The van der Waals surface area contributed by atoms with Gasteiger partial charge in [0.1, 0.15) is 11.6 Å². The molecule has 1 N–H and O–H groups in total. The Morgan fingerprint density at radius 2 is 1.81 bits per heavy atom. The molecule has 0 heterocycles. The molecule has 0 aromatic heterocycles. The van der Waals surface area contributed by atoms with E-state index in [4.69, 9.17) is 5.26 Å². The normalized spacial score (nSPS) is 12.5. The first-order chi connectivity index (χ1) is 9.52. The van der Waals surface area contributed by atoms with Gasteiger partial charge in [-0.3, -0.25) is 0 Å². The van der Waals surface area contributed by atoms with Crippen LogP contribution in [0.15, 0.2) is 17.0 Å². The molecule has 5 nitrogen and oxygen atoms in total. The van der Waals surface area contributed by atoms with Crippen LogP contribution in [0, 0.1) is 23.0 Å². The summed E-state index contributed by atoms with van der Waals surface area (Å²) in [5.74, 6) is -2.67. The number of hydrogen-bond donors (Lipinski definition) is 1. The van der Waals surface area contributed by atoms with Crippen LogP contribution in [-0.4, -0.2) is 36.5 Å². The van der Waals surface area contributed by atoms with Gasteiger partial charge in [0.15, 0.2) is 4.90 Å². The Kier molecular flexibility index (Phi) is 5.04. The lowest BCUT2D eigenvalue weighted by molar-refractivity contribution is 0.0600. The summed E-state index contributed by atoms with van der Waals surface area (Å²) in [6, 6.07) is 2.86. The average Bonchev–Trinajstić information content (AvgIpc) is 2.33. The standard InChI is InChI=1S/C13H16F2N2O3S/c1-4-17(8-13(2,3)18)21(19,20)12-10(14)5-9(7-16)6-11(12)15/h5-6,18H,4,8H2,1-3H3. The maximum absolute atomic E-state index is 13.9. The van der Waals surface area contributed by atoms with E-state index in [1.807, 2.05) is 0 Å². The molecule has 0 fully saturated rings. The number of hydrogen-bond acceptors (Lipinski definition) is 4. The Morgan fingerprint density at radius 1 is 1.33 bits per heavy atom. The van der Waals surface area contributed by atoms with E-state index in [0.717, 1.165) is 4.31 Å². The van der Waals surface area contributed by atoms with Crippen molar-refractivity contribution in [3.05, 3.63) is 29.3 Å². The van der Waals surface area contributed by atoms with Gasteiger partial charge in [0.05, 0.1) is 17.2 Å². The minimum atomic E-state index is -4.46. The molecule has 0 amide bonds. The molecule has 1 aromatic rings. The van der Waals surface area contributed by atoms with E-state index in [-0.39, 0.29) is 18.7 Å². The van der Waals surface area contributed by atoms with Gasteiger partial charge in [0, 0.05) is 13.1 Å². The van der Waals surface area contributed by atoms with E-state index < -0.39 is 32.2 Å². The van der Waals surface area contributed by atoms with E-state index in [0.29, 0.717) is 12.1 Å². The van der Waals surface area contributed by atoms with Crippen molar-refractivity contribution >= 4 is 10.0 Å². The second-order valence-electron chi connectivity index (χ2n) is 5.12. The van der Waals surface area contributed by atoms with Crippen molar-refractivity contribution in [1.29, 1.82) is 5.26 Å². The first-order valence-corrected chi connectivity index (χ1v) is 7.58. The van der Waals surface area contributed by atoms with Crippen LogP contribution in [0.3, 0.4) is 0 Å². The Hall–Kier alpha value is -1.56. The Balaban J connectivity index is 3.40. The SMILES string of the molecule is CCN(CC(C)(C)O)S(=O)(=O)c1c(F)cc(C#N)cc1F. The number of nitriles is 1.